The summed E-state index contributed by atoms with van der Waals surface area (Å²) in [6, 6.07) is 37.2. The minimum Gasteiger partial charge on any atom is -0.386 e. The van der Waals surface area contributed by atoms with Crippen LogP contribution in [0.5, 0.6) is 0 Å². The fraction of sp³-hybridized carbons (Fsp3) is 0.235. The quantitative estimate of drug-likeness (QED) is 0.289. The smallest absolute Gasteiger partial charge is 0.162 e. The van der Waals surface area contributed by atoms with Gasteiger partial charge in [-0.3, -0.25) is 0 Å². The van der Waals surface area contributed by atoms with E-state index >= 15 is 0 Å². The summed E-state index contributed by atoms with van der Waals surface area (Å²) < 4.78 is 0. The lowest BCUT2D eigenvalue weighted by molar-refractivity contribution is 0.589. The first-order valence-corrected chi connectivity index (χ1v) is 13.1. The first-order chi connectivity index (χ1) is 18.0. The van der Waals surface area contributed by atoms with Crippen molar-refractivity contribution in [2.24, 2.45) is 15.7 Å². The molecule has 1 saturated carbocycles. The van der Waals surface area contributed by atoms with E-state index in [1.54, 1.807) is 0 Å². The Bertz CT molecular complexity index is 1290. The number of fused-ring (bicyclic) bond motifs is 2. The zero-order valence-electron chi connectivity index (χ0n) is 22.2. The summed E-state index contributed by atoms with van der Waals surface area (Å²) in [5.74, 6) is 1.47. The van der Waals surface area contributed by atoms with Gasteiger partial charge >= 0.3 is 0 Å². The van der Waals surface area contributed by atoms with Crippen molar-refractivity contribution >= 4 is 17.4 Å². The molecule has 3 heteroatoms. The molecule has 3 nitrogen and oxygen atoms in total. The third-order valence-electron chi connectivity index (χ3n) is 7.01. The first-order valence-electron chi connectivity index (χ1n) is 13.1. The van der Waals surface area contributed by atoms with Crippen LogP contribution in [0, 0.1) is 20.8 Å². The van der Waals surface area contributed by atoms with Crippen molar-refractivity contribution < 1.29 is 0 Å². The lowest BCUT2D eigenvalue weighted by Crippen LogP contribution is -2.43. The summed E-state index contributed by atoms with van der Waals surface area (Å²) in [7, 11) is 0. The van der Waals surface area contributed by atoms with Crippen LogP contribution in [0.2, 0.25) is 0 Å². The van der Waals surface area contributed by atoms with Crippen molar-refractivity contribution in [1.29, 1.82) is 0 Å². The zero-order chi connectivity index (χ0) is 26.1. The van der Waals surface area contributed by atoms with Crippen molar-refractivity contribution in [1.82, 2.24) is 0 Å². The highest BCUT2D eigenvalue weighted by Gasteiger charge is 2.43. The Labute approximate surface area is 221 Å². The van der Waals surface area contributed by atoms with Crippen molar-refractivity contribution in [2.75, 3.05) is 0 Å². The molecule has 4 aromatic carbocycles. The maximum Gasteiger partial charge on any atom is 0.162 e. The summed E-state index contributed by atoms with van der Waals surface area (Å²) in [5.41, 5.74) is 13.6. The van der Waals surface area contributed by atoms with Crippen LogP contribution in [0.4, 0.5) is 5.69 Å². The molecule has 4 aromatic rings. The van der Waals surface area contributed by atoms with E-state index in [1.165, 1.54) is 35.1 Å². The van der Waals surface area contributed by atoms with Gasteiger partial charge in [-0.25, -0.2) is 9.98 Å². The monoisotopic (exact) mass is 487 g/mol. The van der Waals surface area contributed by atoms with Gasteiger partial charge in [0.15, 0.2) is 5.84 Å². The molecule has 6 rings (SSSR count). The average molecular weight is 488 g/mol. The van der Waals surface area contributed by atoms with Crippen LogP contribution in [-0.2, 0) is 5.41 Å². The van der Waals surface area contributed by atoms with Crippen LogP contribution in [0.15, 0.2) is 119 Å². The SMILES string of the molecule is Cc1ccc(N=C2N=C(N)C3(CCCC3)c3ccccc32)cc1.Cc1ccccc1.Cc1ccccc1. The Balaban J connectivity index is 0.000000186. The van der Waals surface area contributed by atoms with Gasteiger partial charge in [-0.1, -0.05) is 127 Å². The second-order valence-corrected chi connectivity index (χ2v) is 9.91. The highest BCUT2D eigenvalue weighted by molar-refractivity contribution is 6.14. The molecule has 1 fully saturated rings. The van der Waals surface area contributed by atoms with E-state index in [-0.39, 0.29) is 5.41 Å². The number of aryl methyl sites for hydroxylation is 3. The maximum absolute atomic E-state index is 6.43. The molecule has 2 aliphatic rings. The Morgan fingerprint density at radius 1 is 0.622 bits per heavy atom. The Morgan fingerprint density at radius 3 is 1.62 bits per heavy atom. The summed E-state index contributed by atoms with van der Waals surface area (Å²) in [4.78, 5) is 9.48. The van der Waals surface area contributed by atoms with E-state index in [0.717, 1.165) is 35.8 Å². The summed E-state index contributed by atoms with van der Waals surface area (Å²) >= 11 is 0. The lowest BCUT2D eigenvalue weighted by Gasteiger charge is -2.34. The third kappa shape index (κ3) is 6.62. The minimum absolute atomic E-state index is 0.0666. The number of benzene rings is 4. The van der Waals surface area contributed by atoms with Gasteiger partial charge in [0, 0.05) is 5.56 Å². The molecule has 1 aliphatic carbocycles. The first kappa shape index (κ1) is 26.1. The van der Waals surface area contributed by atoms with Crippen molar-refractivity contribution in [3.05, 3.63) is 137 Å². The molecule has 1 aliphatic heterocycles. The fourth-order valence-corrected chi connectivity index (χ4v) is 4.91. The lowest BCUT2D eigenvalue weighted by atomic mass is 9.74. The molecule has 2 N–H and O–H groups in total. The van der Waals surface area contributed by atoms with Gasteiger partial charge in [0.05, 0.1) is 11.1 Å². The van der Waals surface area contributed by atoms with Gasteiger partial charge in [0.2, 0.25) is 0 Å². The van der Waals surface area contributed by atoms with Crippen LogP contribution < -0.4 is 5.73 Å². The van der Waals surface area contributed by atoms with Gasteiger partial charge in [0.1, 0.15) is 5.84 Å². The second-order valence-electron chi connectivity index (χ2n) is 9.91. The van der Waals surface area contributed by atoms with E-state index in [2.05, 4.69) is 81.4 Å². The molecule has 0 atom stereocenters. The molecule has 37 heavy (non-hydrogen) atoms. The van der Waals surface area contributed by atoms with E-state index in [0.29, 0.717) is 0 Å². The molecule has 0 unspecified atom stereocenters. The Kier molecular flexibility index (Phi) is 8.68. The molecule has 188 valence electrons. The van der Waals surface area contributed by atoms with Crippen molar-refractivity contribution in [3.8, 4) is 0 Å². The number of nitrogens with zero attached hydrogens (tertiary/aromatic N) is 2. The average Bonchev–Trinajstić information content (AvgIpc) is 3.42. The molecule has 0 bridgehead atoms. The van der Waals surface area contributed by atoms with Gasteiger partial charge in [-0.2, -0.15) is 0 Å². The molecular weight excluding hydrogens is 450 g/mol. The topological polar surface area (TPSA) is 50.7 Å². The van der Waals surface area contributed by atoms with Crippen LogP contribution in [0.1, 0.15) is 53.5 Å². The van der Waals surface area contributed by atoms with Crippen LogP contribution in [0.3, 0.4) is 0 Å². The van der Waals surface area contributed by atoms with Gasteiger partial charge in [-0.15, -0.1) is 0 Å². The number of aliphatic imine (C=N–C) groups is 2. The normalized spacial score (nSPS) is 16.1. The summed E-state index contributed by atoms with van der Waals surface area (Å²) in [5, 5.41) is 0. The van der Waals surface area contributed by atoms with E-state index < -0.39 is 0 Å². The molecule has 1 spiro atoms. The predicted octanol–water partition coefficient (Wildman–Crippen LogP) is 8.25. The molecule has 1 heterocycles. The van der Waals surface area contributed by atoms with E-state index in [4.69, 9.17) is 15.7 Å². The summed E-state index contributed by atoms with van der Waals surface area (Å²) in [6.45, 7) is 6.24. The second kappa shape index (κ2) is 12.3. The van der Waals surface area contributed by atoms with Gasteiger partial charge in [0.25, 0.3) is 0 Å². The summed E-state index contributed by atoms with van der Waals surface area (Å²) in [6.07, 6.45) is 4.62. The maximum atomic E-state index is 6.43. The predicted molar refractivity (Wildman–Crippen MR) is 158 cm³/mol. The van der Waals surface area contributed by atoms with E-state index in [1.807, 2.05) is 48.5 Å². The van der Waals surface area contributed by atoms with Gasteiger partial charge in [-0.05, 0) is 51.3 Å². The Morgan fingerprint density at radius 2 is 1.11 bits per heavy atom. The standard InChI is InChI=1S/C20H21N3.2C7H8/c1-14-8-10-15(11-9-14)22-18-16-6-2-3-7-17(16)20(19(21)23-18)12-4-5-13-20;2*1-7-5-3-2-4-6-7/h2-3,6-11H,4-5,12-13H2,1H3,(H2,21,22,23);2*2-6H,1H3. The molecule has 0 aromatic heterocycles. The molecule has 0 amide bonds. The third-order valence-corrected chi connectivity index (χ3v) is 7.01. The Hall–Kier alpha value is -3.98. The molecule has 0 radical (unpaired) electrons. The van der Waals surface area contributed by atoms with Crippen LogP contribution in [0.25, 0.3) is 0 Å². The van der Waals surface area contributed by atoms with E-state index in [9.17, 15) is 0 Å². The number of amidine groups is 2. The number of rotatable bonds is 1. The van der Waals surface area contributed by atoms with Crippen LogP contribution >= 0.6 is 0 Å². The largest absolute Gasteiger partial charge is 0.386 e. The van der Waals surface area contributed by atoms with Crippen molar-refractivity contribution in [2.45, 2.75) is 51.9 Å². The number of nitrogens with two attached hydrogens (primary N) is 1. The number of hydrogen-bond acceptors (Lipinski definition) is 2. The van der Waals surface area contributed by atoms with Crippen molar-refractivity contribution in [3.63, 3.8) is 0 Å². The zero-order valence-corrected chi connectivity index (χ0v) is 22.2. The highest BCUT2D eigenvalue weighted by Crippen LogP contribution is 2.45. The van der Waals surface area contributed by atoms with Gasteiger partial charge < -0.3 is 5.73 Å². The molecule has 0 saturated heterocycles. The fourth-order valence-electron chi connectivity index (χ4n) is 4.91. The van der Waals surface area contributed by atoms with Crippen LogP contribution in [-0.4, -0.2) is 11.7 Å². The molecular formula is C34H37N3. The highest BCUT2D eigenvalue weighted by atomic mass is 15.0. The number of hydrogen-bond donors (Lipinski definition) is 1. The minimum atomic E-state index is -0.0666.